The van der Waals surface area contributed by atoms with Gasteiger partial charge in [0.15, 0.2) is 0 Å². The molecule has 0 bridgehead atoms. The number of rotatable bonds is 3. The first-order valence-corrected chi connectivity index (χ1v) is 5.18. The standard InChI is InChI=1S/C13H14O3/c1-13(2,12(14)15)8-9-3-4-11-10(7-9)5-6-16-11/h3-7H,8H2,1-2H3,(H,14,15). The molecule has 0 radical (unpaired) electrons. The predicted molar refractivity (Wildman–Crippen MR) is 61.3 cm³/mol. The van der Waals surface area contributed by atoms with E-state index in [4.69, 9.17) is 9.52 Å². The highest BCUT2D eigenvalue weighted by Gasteiger charge is 2.27. The van der Waals surface area contributed by atoms with Crippen LogP contribution in [-0.2, 0) is 11.2 Å². The van der Waals surface area contributed by atoms with Crippen LogP contribution in [0.15, 0.2) is 34.9 Å². The molecule has 1 N–H and O–H groups in total. The molecule has 0 unspecified atom stereocenters. The fourth-order valence-electron chi connectivity index (χ4n) is 1.71. The van der Waals surface area contributed by atoms with Crippen molar-refractivity contribution in [3.63, 3.8) is 0 Å². The van der Waals surface area contributed by atoms with Gasteiger partial charge in [0.25, 0.3) is 0 Å². The van der Waals surface area contributed by atoms with E-state index < -0.39 is 11.4 Å². The summed E-state index contributed by atoms with van der Waals surface area (Å²) in [5.41, 5.74) is 1.11. The van der Waals surface area contributed by atoms with Crippen LogP contribution in [0.3, 0.4) is 0 Å². The monoisotopic (exact) mass is 218 g/mol. The molecule has 1 aromatic carbocycles. The smallest absolute Gasteiger partial charge is 0.309 e. The minimum Gasteiger partial charge on any atom is -0.481 e. The van der Waals surface area contributed by atoms with Crippen LogP contribution < -0.4 is 0 Å². The Kier molecular flexibility index (Phi) is 2.46. The Morgan fingerprint density at radius 2 is 2.12 bits per heavy atom. The van der Waals surface area contributed by atoms with Gasteiger partial charge in [-0.15, -0.1) is 0 Å². The summed E-state index contributed by atoms with van der Waals surface area (Å²) in [4.78, 5) is 11.0. The summed E-state index contributed by atoms with van der Waals surface area (Å²) >= 11 is 0. The Hall–Kier alpha value is -1.77. The molecule has 3 nitrogen and oxygen atoms in total. The zero-order chi connectivity index (χ0) is 11.8. The highest BCUT2D eigenvalue weighted by atomic mass is 16.4. The lowest BCUT2D eigenvalue weighted by Gasteiger charge is -2.18. The fraction of sp³-hybridized carbons (Fsp3) is 0.308. The number of carbonyl (C=O) groups is 1. The molecule has 0 spiro atoms. The van der Waals surface area contributed by atoms with E-state index >= 15 is 0 Å². The summed E-state index contributed by atoms with van der Waals surface area (Å²) in [5, 5.41) is 10.1. The maximum absolute atomic E-state index is 11.0. The maximum atomic E-state index is 11.0. The molecule has 1 heterocycles. The van der Waals surface area contributed by atoms with Crippen molar-refractivity contribution in [1.82, 2.24) is 0 Å². The fourth-order valence-corrected chi connectivity index (χ4v) is 1.71. The van der Waals surface area contributed by atoms with Crippen molar-refractivity contribution in [2.75, 3.05) is 0 Å². The summed E-state index contributed by atoms with van der Waals surface area (Å²) in [5.74, 6) is -0.778. The van der Waals surface area contributed by atoms with E-state index in [0.29, 0.717) is 6.42 Å². The molecule has 0 atom stereocenters. The topological polar surface area (TPSA) is 50.4 Å². The van der Waals surface area contributed by atoms with Crippen molar-refractivity contribution in [2.45, 2.75) is 20.3 Å². The van der Waals surface area contributed by atoms with Gasteiger partial charge < -0.3 is 9.52 Å². The Morgan fingerprint density at radius 1 is 1.38 bits per heavy atom. The van der Waals surface area contributed by atoms with E-state index in [0.717, 1.165) is 16.5 Å². The molecule has 2 aromatic rings. The minimum absolute atomic E-state index is 0.517. The number of hydrogen-bond acceptors (Lipinski definition) is 2. The number of fused-ring (bicyclic) bond motifs is 1. The highest BCUT2D eigenvalue weighted by molar-refractivity contribution is 5.78. The van der Waals surface area contributed by atoms with Gasteiger partial charge in [0.1, 0.15) is 5.58 Å². The van der Waals surface area contributed by atoms with Gasteiger partial charge in [-0.25, -0.2) is 0 Å². The molecule has 0 aliphatic heterocycles. The van der Waals surface area contributed by atoms with Crippen molar-refractivity contribution in [3.8, 4) is 0 Å². The van der Waals surface area contributed by atoms with Crippen LogP contribution >= 0.6 is 0 Å². The normalized spacial score (nSPS) is 11.9. The zero-order valence-corrected chi connectivity index (χ0v) is 9.36. The summed E-state index contributed by atoms with van der Waals surface area (Å²) in [7, 11) is 0. The number of aliphatic carboxylic acids is 1. The van der Waals surface area contributed by atoms with Crippen molar-refractivity contribution in [3.05, 3.63) is 36.1 Å². The molecule has 3 heteroatoms. The van der Waals surface area contributed by atoms with Gasteiger partial charge in [0, 0.05) is 5.39 Å². The van der Waals surface area contributed by atoms with Crippen LogP contribution in [0.5, 0.6) is 0 Å². The van der Waals surface area contributed by atoms with Crippen LogP contribution in [0.4, 0.5) is 0 Å². The molecule has 1 aromatic heterocycles. The molecular formula is C13H14O3. The Balaban J connectivity index is 2.30. The molecule has 0 saturated carbocycles. The van der Waals surface area contributed by atoms with Crippen LogP contribution in [0.2, 0.25) is 0 Å². The third-order valence-electron chi connectivity index (χ3n) is 2.74. The van der Waals surface area contributed by atoms with Crippen LogP contribution in [0.25, 0.3) is 11.0 Å². The average Bonchev–Trinajstić information content (AvgIpc) is 2.63. The summed E-state index contributed by atoms with van der Waals surface area (Å²) < 4.78 is 5.23. The molecule has 0 amide bonds. The number of benzene rings is 1. The summed E-state index contributed by atoms with van der Waals surface area (Å²) in [6.45, 7) is 3.46. The first-order chi connectivity index (χ1) is 7.49. The second-order valence-corrected chi connectivity index (χ2v) is 4.66. The molecule has 0 fully saturated rings. The maximum Gasteiger partial charge on any atom is 0.309 e. The van der Waals surface area contributed by atoms with Gasteiger partial charge in [0.05, 0.1) is 11.7 Å². The van der Waals surface area contributed by atoms with Crippen LogP contribution in [0, 0.1) is 5.41 Å². The van der Waals surface area contributed by atoms with E-state index in [1.165, 1.54) is 0 Å². The van der Waals surface area contributed by atoms with E-state index in [1.54, 1.807) is 20.1 Å². The Labute approximate surface area is 93.7 Å². The zero-order valence-electron chi connectivity index (χ0n) is 9.36. The van der Waals surface area contributed by atoms with Crippen LogP contribution in [0.1, 0.15) is 19.4 Å². The molecule has 0 saturated heterocycles. The average molecular weight is 218 g/mol. The lowest BCUT2D eigenvalue weighted by Crippen LogP contribution is -2.26. The largest absolute Gasteiger partial charge is 0.481 e. The van der Waals surface area contributed by atoms with Crippen LogP contribution in [-0.4, -0.2) is 11.1 Å². The first kappa shape index (κ1) is 10.7. The first-order valence-electron chi connectivity index (χ1n) is 5.18. The second kappa shape index (κ2) is 3.67. The number of carboxylic acids is 1. The van der Waals surface area contributed by atoms with Gasteiger partial charge in [-0.05, 0) is 44.0 Å². The van der Waals surface area contributed by atoms with E-state index in [9.17, 15) is 4.79 Å². The second-order valence-electron chi connectivity index (χ2n) is 4.66. The van der Waals surface area contributed by atoms with E-state index in [2.05, 4.69) is 0 Å². The van der Waals surface area contributed by atoms with Crippen molar-refractivity contribution >= 4 is 16.9 Å². The third kappa shape index (κ3) is 1.94. The predicted octanol–water partition coefficient (Wildman–Crippen LogP) is 3.09. The minimum atomic E-state index is -0.778. The molecular weight excluding hydrogens is 204 g/mol. The highest BCUT2D eigenvalue weighted by Crippen LogP contribution is 2.25. The van der Waals surface area contributed by atoms with Gasteiger partial charge >= 0.3 is 5.97 Å². The molecule has 16 heavy (non-hydrogen) atoms. The molecule has 0 aliphatic rings. The van der Waals surface area contributed by atoms with Gasteiger partial charge in [-0.1, -0.05) is 6.07 Å². The van der Waals surface area contributed by atoms with Crippen molar-refractivity contribution in [2.24, 2.45) is 5.41 Å². The molecule has 2 rings (SSSR count). The lowest BCUT2D eigenvalue weighted by atomic mass is 9.86. The number of hydrogen-bond donors (Lipinski definition) is 1. The van der Waals surface area contributed by atoms with E-state index in [1.807, 2.05) is 24.3 Å². The van der Waals surface area contributed by atoms with Gasteiger partial charge in [-0.2, -0.15) is 0 Å². The van der Waals surface area contributed by atoms with Crippen molar-refractivity contribution < 1.29 is 14.3 Å². The third-order valence-corrected chi connectivity index (χ3v) is 2.74. The quantitative estimate of drug-likeness (QED) is 0.861. The lowest BCUT2D eigenvalue weighted by molar-refractivity contribution is -0.146. The van der Waals surface area contributed by atoms with Gasteiger partial charge in [-0.3, -0.25) is 4.79 Å². The summed E-state index contributed by atoms with van der Waals surface area (Å²) in [6.07, 6.45) is 2.15. The van der Waals surface area contributed by atoms with Gasteiger partial charge in [0.2, 0.25) is 0 Å². The SMILES string of the molecule is CC(C)(Cc1ccc2occc2c1)C(=O)O. The Bertz CT molecular complexity index is 523. The Morgan fingerprint density at radius 3 is 2.81 bits per heavy atom. The number of furan rings is 1. The summed E-state index contributed by atoms with van der Waals surface area (Å²) in [6, 6.07) is 7.65. The molecule has 84 valence electrons. The van der Waals surface area contributed by atoms with E-state index in [-0.39, 0.29) is 0 Å². The molecule has 0 aliphatic carbocycles. The van der Waals surface area contributed by atoms with Crippen molar-refractivity contribution in [1.29, 1.82) is 0 Å². The number of carboxylic acid groups (broad SMARTS) is 1.